The number of hydrogen-bond donors (Lipinski definition) is 1. The second-order valence-corrected chi connectivity index (χ2v) is 5.25. The van der Waals surface area contributed by atoms with Crippen molar-refractivity contribution in [3.05, 3.63) is 17.0 Å². The molecule has 0 aromatic carbocycles. The van der Waals surface area contributed by atoms with Gasteiger partial charge in [-0.1, -0.05) is 25.4 Å². The number of rotatable bonds is 5. The minimum Gasteiger partial charge on any atom is -0.365 e. The zero-order valence-electron chi connectivity index (χ0n) is 11.2. The van der Waals surface area contributed by atoms with E-state index in [0.717, 1.165) is 17.9 Å². The molecule has 1 aromatic heterocycles. The summed E-state index contributed by atoms with van der Waals surface area (Å²) in [5.74, 6) is 1.34. The molecule has 0 aliphatic heterocycles. The van der Waals surface area contributed by atoms with Crippen molar-refractivity contribution in [1.82, 2.24) is 14.9 Å². The van der Waals surface area contributed by atoms with Crippen LogP contribution in [0.4, 0.5) is 5.82 Å². The smallest absolute Gasteiger partial charge is 0.137 e. The van der Waals surface area contributed by atoms with Crippen molar-refractivity contribution in [3.8, 4) is 0 Å². The van der Waals surface area contributed by atoms with E-state index in [1.165, 1.54) is 6.33 Å². The summed E-state index contributed by atoms with van der Waals surface area (Å²) in [7, 11) is 4.13. The minimum absolute atomic E-state index is 0.342. The average molecular weight is 257 g/mol. The Morgan fingerprint density at radius 1 is 1.35 bits per heavy atom. The van der Waals surface area contributed by atoms with Gasteiger partial charge in [0.2, 0.25) is 0 Å². The molecule has 1 unspecified atom stereocenters. The lowest BCUT2D eigenvalue weighted by atomic mass is 10.0. The first-order chi connectivity index (χ1) is 7.91. The Balaban J connectivity index is 2.82. The second kappa shape index (κ2) is 6.17. The topological polar surface area (TPSA) is 41.1 Å². The van der Waals surface area contributed by atoms with Crippen LogP contribution in [0.15, 0.2) is 6.33 Å². The molecule has 96 valence electrons. The molecule has 1 rings (SSSR count). The van der Waals surface area contributed by atoms with Crippen LogP contribution in [-0.4, -0.2) is 41.5 Å². The lowest BCUT2D eigenvalue weighted by molar-refractivity contribution is 0.344. The Hall–Kier alpha value is -0.870. The van der Waals surface area contributed by atoms with Crippen LogP contribution in [0.3, 0.4) is 0 Å². The molecule has 5 heteroatoms. The molecule has 0 bridgehead atoms. The van der Waals surface area contributed by atoms with Gasteiger partial charge in [0.25, 0.3) is 0 Å². The lowest BCUT2D eigenvalue weighted by Crippen LogP contribution is -2.36. The zero-order valence-corrected chi connectivity index (χ0v) is 11.9. The third-order valence-corrected chi connectivity index (χ3v) is 3.09. The van der Waals surface area contributed by atoms with E-state index in [2.05, 4.69) is 48.1 Å². The molecule has 0 spiro atoms. The summed E-state index contributed by atoms with van der Waals surface area (Å²) in [6, 6.07) is 0.342. The summed E-state index contributed by atoms with van der Waals surface area (Å²) in [5.41, 5.74) is 0.901. The van der Waals surface area contributed by atoms with Crippen molar-refractivity contribution in [2.75, 3.05) is 26.0 Å². The van der Waals surface area contributed by atoms with Gasteiger partial charge in [0, 0.05) is 18.2 Å². The van der Waals surface area contributed by atoms with Crippen molar-refractivity contribution in [1.29, 1.82) is 0 Å². The summed E-state index contributed by atoms with van der Waals surface area (Å²) in [5, 5.41) is 3.95. The summed E-state index contributed by atoms with van der Waals surface area (Å²) in [6.07, 6.45) is 1.49. The second-order valence-electron chi connectivity index (χ2n) is 4.90. The number of hydrogen-bond acceptors (Lipinski definition) is 4. The van der Waals surface area contributed by atoms with Gasteiger partial charge >= 0.3 is 0 Å². The van der Waals surface area contributed by atoms with Gasteiger partial charge in [0.15, 0.2) is 0 Å². The maximum Gasteiger partial charge on any atom is 0.137 e. The Kier molecular flexibility index (Phi) is 5.15. The van der Waals surface area contributed by atoms with E-state index in [1.807, 2.05) is 6.92 Å². The number of likely N-dealkylation sites (N-methyl/N-ethyl adjacent to an activating group) is 1. The molecule has 0 aliphatic carbocycles. The molecule has 0 saturated carbocycles. The van der Waals surface area contributed by atoms with E-state index < -0.39 is 0 Å². The van der Waals surface area contributed by atoms with Crippen LogP contribution >= 0.6 is 11.6 Å². The van der Waals surface area contributed by atoms with Gasteiger partial charge < -0.3 is 10.2 Å². The van der Waals surface area contributed by atoms with E-state index in [-0.39, 0.29) is 0 Å². The van der Waals surface area contributed by atoms with Crippen molar-refractivity contribution in [2.24, 2.45) is 5.92 Å². The highest BCUT2D eigenvalue weighted by atomic mass is 35.5. The van der Waals surface area contributed by atoms with Crippen LogP contribution in [0.2, 0.25) is 5.15 Å². The highest BCUT2D eigenvalue weighted by Crippen LogP contribution is 2.20. The average Bonchev–Trinajstić information content (AvgIpc) is 2.22. The Morgan fingerprint density at radius 3 is 2.53 bits per heavy atom. The molecule has 17 heavy (non-hydrogen) atoms. The standard InChI is InChI=1S/C12H21ClN4/c1-8(2)10(6-17(4)5)16-12-9(3)11(13)14-7-15-12/h7-8,10H,6H2,1-5H3,(H,14,15,16). The third-order valence-electron chi connectivity index (χ3n) is 2.71. The molecular formula is C12H21ClN4. The van der Waals surface area contributed by atoms with Gasteiger partial charge in [-0.05, 0) is 26.9 Å². The van der Waals surface area contributed by atoms with Gasteiger partial charge in [0.05, 0.1) is 0 Å². The molecule has 0 radical (unpaired) electrons. The van der Waals surface area contributed by atoms with Crippen molar-refractivity contribution in [3.63, 3.8) is 0 Å². The third kappa shape index (κ3) is 4.13. The van der Waals surface area contributed by atoms with E-state index in [1.54, 1.807) is 0 Å². The molecule has 1 N–H and O–H groups in total. The summed E-state index contributed by atoms with van der Waals surface area (Å²) in [4.78, 5) is 10.4. The number of halogens is 1. The van der Waals surface area contributed by atoms with E-state index in [4.69, 9.17) is 11.6 Å². The fourth-order valence-electron chi connectivity index (χ4n) is 1.57. The molecule has 1 aromatic rings. The van der Waals surface area contributed by atoms with Crippen LogP contribution < -0.4 is 5.32 Å². The van der Waals surface area contributed by atoms with Crippen LogP contribution in [0, 0.1) is 12.8 Å². The number of aromatic nitrogens is 2. The normalized spacial score (nSPS) is 13.2. The van der Waals surface area contributed by atoms with Crippen LogP contribution in [-0.2, 0) is 0 Å². The minimum atomic E-state index is 0.342. The Bertz CT molecular complexity index is 366. The highest BCUT2D eigenvalue weighted by Gasteiger charge is 2.16. The largest absolute Gasteiger partial charge is 0.365 e. The van der Waals surface area contributed by atoms with E-state index >= 15 is 0 Å². The van der Waals surface area contributed by atoms with Crippen molar-refractivity contribution >= 4 is 17.4 Å². The fourth-order valence-corrected chi connectivity index (χ4v) is 1.70. The molecule has 0 aliphatic rings. The molecular weight excluding hydrogens is 236 g/mol. The quantitative estimate of drug-likeness (QED) is 0.822. The molecule has 0 amide bonds. The monoisotopic (exact) mass is 256 g/mol. The van der Waals surface area contributed by atoms with Crippen molar-refractivity contribution < 1.29 is 0 Å². The highest BCUT2D eigenvalue weighted by molar-refractivity contribution is 6.30. The van der Waals surface area contributed by atoms with E-state index in [0.29, 0.717) is 17.1 Å². The summed E-state index contributed by atoms with van der Waals surface area (Å²) >= 11 is 5.98. The van der Waals surface area contributed by atoms with Crippen molar-refractivity contribution in [2.45, 2.75) is 26.8 Å². The predicted molar refractivity (Wildman–Crippen MR) is 72.6 cm³/mol. The number of nitrogens with zero attached hydrogens (tertiary/aromatic N) is 3. The van der Waals surface area contributed by atoms with Crippen LogP contribution in [0.5, 0.6) is 0 Å². The number of anilines is 1. The Morgan fingerprint density at radius 2 is 2.00 bits per heavy atom. The first-order valence-electron chi connectivity index (χ1n) is 5.80. The molecule has 4 nitrogen and oxygen atoms in total. The maximum absolute atomic E-state index is 5.98. The molecule has 0 fully saturated rings. The molecule has 1 heterocycles. The fraction of sp³-hybridized carbons (Fsp3) is 0.667. The summed E-state index contributed by atoms with van der Waals surface area (Å²) < 4.78 is 0. The van der Waals surface area contributed by atoms with Crippen LogP contribution in [0.25, 0.3) is 0 Å². The van der Waals surface area contributed by atoms with Gasteiger partial charge in [-0.15, -0.1) is 0 Å². The molecule has 1 atom stereocenters. The SMILES string of the molecule is Cc1c(Cl)ncnc1NC(CN(C)C)C(C)C. The van der Waals surface area contributed by atoms with Gasteiger partial charge in [0.1, 0.15) is 17.3 Å². The first kappa shape index (κ1) is 14.2. The zero-order chi connectivity index (χ0) is 13.0. The van der Waals surface area contributed by atoms with Gasteiger partial charge in [-0.3, -0.25) is 0 Å². The van der Waals surface area contributed by atoms with Gasteiger partial charge in [-0.25, -0.2) is 9.97 Å². The Labute approximate surface area is 108 Å². The maximum atomic E-state index is 5.98. The lowest BCUT2D eigenvalue weighted by Gasteiger charge is -2.26. The molecule has 0 saturated heterocycles. The number of nitrogens with one attached hydrogen (secondary N) is 1. The summed E-state index contributed by atoms with van der Waals surface area (Å²) in [6.45, 7) is 7.27. The van der Waals surface area contributed by atoms with E-state index in [9.17, 15) is 0 Å². The first-order valence-corrected chi connectivity index (χ1v) is 6.18. The predicted octanol–water partition coefficient (Wildman–Crippen LogP) is 2.44. The van der Waals surface area contributed by atoms with Gasteiger partial charge in [-0.2, -0.15) is 0 Å². The van der Waals surface area contributed by atoms with Crippen LogP contribution in [0.1, 0.15) is 19.4 Å².